The number of amides is 1. The summed E-state index contributed by atoms with van der Waals surface area (Å²) >= 11 is 0. The first-order valence-electron chi connectivity index (χ1n) is 20.6. The predicted molar refractivity (Wildman–Crippen MR) is 213 cm³/mol. The Morgan fingerprint density at radius 1 is 0.455 bits per heavy atom. The Morgan fingerprint density at radius 2 is 0.800 bits per heavy atom. The summed E-state index contributed by atoms with van der Waals surface area (Å²) in [6.45, 7) is 12.4. The van der Waals surface area contributed by atoms with Crippen molar-refractivity contribution in [3.63, 3.8) is 0 Å². The monoisotopic (exact) mass is 775 g/mol. The summed E-state index contributed by atoms with van der Waals surface area (Å²) < 4.78 is 55.4. The maximum absolute atomic E-state index is 12.2. The zero-order valence-electron chi connectivity index (χ0n) is 33.5. The van der Waals surface area contributed by atoms with Gasteiger partial charge in [-0.05, 0) is 28.7 Å². The zero-order chi connectivity index (χ0) is 38.7. The quantitative estimate of drug-likeness (QED) is 0.0724. The topological polar surface area (TPSA) is 121 Å². The molecule has 0 atom stereocenters. The lowest BCUT2D eigenvalue weighted by Crippen LogP contribution is -2.29. The fourth-order valence-electron chi connectivity index (χ4n) is 6.07. The second kappa shape index (κ2) is 33.5. The van der Waals surface area contributed by atoms with Crippen molar-refractivity contribution in [2.75, 3.05) is 132 Å². The maximum Gasteiger partial charge on any atom is 0.407 e. The van der Waals surface area contributed by atoms with Crippen LogP contribution in [0.5, 0.6) is 0 Å². The van der Waals surface area contributed by atoms with Gasteiger partial charge in [0.25, 0.3) is 0 Å². The standard InChI is InChI=1S/C43H69NO11/c1-2-3-4-5-6-7-8-13-19-46-21-23-48-25-27-50-29-31-52-33-35-54-36-34-53-32-30-51-28-26-49-24-22-47-20-18-44-43(45)55-37-42-40-16-11-9-14-38(40)39-15-10-12-17-41(39)42/h9-12,14-17,42H,2-8,13,18-37H2,1H3,(H,44,45). The molecule has 0 bridgehead atoms. The van der Waals surface area contributed by atoms with Gasteiger partial charge < -0.3 is 52.7 Å². The van der Waals surface area contributed by atoms with Crippen molar-refractivity contribution in [2.45, 2.75) is 64.2 Å². The molecule has 0 aromatic heterocycles. The van der Waals surface area contributed by atoms with Crippen LogP contribution in [-0.2, 0) is 47.4 Å². The minimum atomic E-state index is -0.448. The molecule has 0 fully saturated rings. The summed E-state index contributed by atoms with van der Waals surface area (Å²) in [4.78, 5) is 12.2. The van der Waals surface area contributed by atoms with E-state index in [9.17, 15) is 4.79 Å². The van der Waals surface area contributed by atoms with Gasteiger partial charge in [-0.15, -0.1) is 0 Å². The fourth-order valence-corrected chi connectivity index (χ4v) is 6.07. The highest BCUT2D eigenvalue weighted by Crippen LogP contribution is 2.44. The second-order valence-corrected chi connectivity index (χ2v) is 13.2. The van der Waals surface area contributed by atoms with Crippen LogP contribution in [0, 0.1) is 0 Å². The minimum Gasteiger partial charge on any atom is -0.449 e. The van der Waals surface area contributed by atoms with Crippen molar-refractivity contribution in [3.8, 4) is 11.1 Å². The SMILES string of the molecule is CCCCCCCCCCOCCOCCOCCOCCOCCOCCOCCOCCOCCNC(=O)OCC1c2ccccc2-c2ccccc21. The number of hydrogen-bond acceptors (Lipinski definition) is 11. The van der Waals surface area contributed by atoms with Crippen molar-refractivity contribution in [1.29, 1.82) is 0 Å². The summed E-state index contributed by atoms with van der Waals surface area (Å²) in [6.07, 6.45) is 10.1. The van der Waals surface area contributed by atoms with E-state index in [0.717, 1.165) is 13.0 Å². The summed E-state index contributed by atoms with van der Waals surface area (Å²) in [6, 6.07) is 16.5. The van der Waals surface area contributed by atoms with Crippen molar-refractivity contribution in [1.82, 2.24) is 5.32 Å². The molecule has 12 heteroatoms. The van der Waals surface area contributed by atoms with Crippen molar-refractivity contribution in [2.24, 2.45) is 0 Å². The van der Waals surface area contributed by atoms with E-state index in [2.05, 4.69) is 36.5 Å². The number of rotatable bonds is 38. The summed E-state index contributed by atoms with van der Waals surface area (Å²) in [5, 5.41) is 2.75. The number of carbonyl (C=O) groups excluding carboxylic acids is 1. The smallest absolute Gasteiger partial charge is 0.407 e. The summed E-state index contributed by atoms with van der Waals surface area (Å²) in [5.41, 5.74) is 4.79. The Bertz CT molecular complexity index is 1160. The van der Waals surface area contributed by atoms with Gasteiger partial charge in [-0.3, -0.25) is 0 Å². The van der Waals surface area contributed by atoms with Crippen LogP contribution in [0.15, 0.2) is 48.5 Å². The van der Waals surface area contributed by atoms with E-state index in [1.54, 1.807) is 0 Å². The van der Waals surface area contributed by atoms with E-state index >= 15 is 0 Å². The van der Waals surface area contributed by atoms with Gasteiger partial charge in [0.15, 0.2) is 0 Å². The molecule has 0 spiro atoms. The first-order valence-corrected chi connectivity index (χ1v) is 20.6. The average molecular weight is 776 g/mol. The number of alkyl carbamates (subject to hydrolysis) is 1. The van der Waals surface area contributed by atoms with Crippen LogP contribution in [0.3, 0.4) is 0 Å². The van der Waals surface area contributed by atoms with Crippen LogP contribution in [-0.4, -0.2) is 138 Å². The number of unbranched alkanes of at least 4 members (excludes halogenated alkanes) is 7. The number of benzene rings is 2. The van der Waals surface area contributed by atoms with Crippen LogP contribution < -0.4 is 5.32 Å². The molecule has 55 heavy (non-hydrogen) atoms. The number of hydrogen-bond donors (Lipinski definition) is 1. The van der Waals surface area contributed by atoms with Gasteiger partial charge in [0.1, 0.15) is 6.61 Å². The van der Waals surface area contributed by atoms with Crippen molar-refractivity contribution >= 4 is 6.09 Å². The van der Waals surface area contributed by atoms with Gasteiger partial charge >= 0.3 is 6.09 Å². The van der Waals surface area contributed by atoms with E-state index in [-0.39, 0.29) is 5.92 Å². The molecular formula is C43H69NO11. The van der Waals surface area contributed by atoms with Crippen LogP contribution in [0.2, 0.25) is 0 Å². The Balaban J connectivity index is 0.941. The van der Waals surface area contributed by atoms with Gasteiger partial charge in [0, 0.05) is 19.1 Å². The Labute approximate surface area is 330 Å². The van der Waals surface area contributed by atoms with Gasteiger partial charge in [-0.2, -0.15) is 0 Å². The van der Waals surface area contributed by atoms with Gasteiger partial charge in [0.05, 0.1) is 112 Å². The molecule has 1 aliphatic rings. The van der Waals surface area contributed by atoms with Crippen LogP contribution in [0.1, 0.15) is 75.3 Å². The Morgan fingerprint density at radius 3 is 1.22 bits per heavy atom. The molecule has 0 aliphatic heterocycles. The average Bonchev–Trinajstić information content (AvgIpc) is 3.53. The molecule has 1 N–H and O–H groups in total. The fraction of sp³-hybridized carbons (Fsp3) is 0.698. The molecule has 2 aromatic carbocycles. The lowest BCUT2D eigenvalue weighted by Gasteiger charge is -2.14. The summed E-state index contributed by atoms with van der Waals surface area (Å²) in [5.74, 6) is 0.0403. The molecular weight excluding hydrogens is 706 g/mol. The van der Waals surface area contributed by atoms with E-state index < -0.39 is 6.09 Å². The zero-order valence-corrected chi connectivity index (χ0v) is 33.5. The first kappa shape index (κ1) is 46.7. The van der Waals surface area contributed by atoms with Gasteiger partial charge in [0.2, 0.25) is 0 Å². The highest BCUT2D eigenvalue weighted by Gasteiger charge is 2.28. The molecule has 1 aliphatic carbocycles. The van der Waals surface area contributed by atoms with E-state index in [0.29, 0.717) is 125 Å². The largest absolute Gasteiger partial charge is 0.449 e. The number of ether oxygens (including phenoxy) is 10. The molecule has 0 heterocycles. The highest BCUT2D eigenvalue weighted by atomic mass is 16.6. The van der Waals surface area contributed by atoms with E-state index in [4.69, 9.17) is 47.4 Å². The molecule has 0 saturated heterocycles. The number of nitrogens with one attached hydrogen (secondary N) is 1. The third kappa shape index (κ3) is 22.6. The van der Waals surface area contributed by atoms with Crippen molar-refractivity contribution < 1.29 is 52.2 Å². The van der Waals surface area contributed by atoms with Crippen LogP contribution >= 0.6 is 0 Å². The lowest BCUT2D eigenvalue weighted by molar-refractivity contribution is -0.0249. The van der Waals surface area contributed by atoms with Gasteiger partial charge in [-0.1, -0.05) is 100 Å². The number of fused-ring (bicyclic) bond motifs is 3. The third-order valence-electron chi connectivity index (χ3n) is 8.98. The molecule has 12 nitrogen and oxygen atoms in total. The molecule has 0 radical (unpaired) electrons. The maximum atomic E-state index is 12.2. The minimum absolute atomic E-state index is 0.0403. The molecule has 2 aromatic rings. The normalized spacial score (nSPS) is 12.2. The number of carbonyl (C=O) groups is 1. The van der Waals surface area contributed by atoms with E-state index in [1.165, 1.54) is 67.2 Å². The lowest BCUT2D eigenvalue weighted by atomic mass is 9.98. The predicted octanol–water partition coefficient (Wildman–Crippen LogP) is 6.82. The Kier molecular flexibility index (Phi) is 28.5. The first-order chi connectivity index (χ1) is 27.3. The van der Waals surface area contributed by atoms with Crippen molar-refractivity contribution in [3.05, 3.63) is 59.7 Å². The Hall–Kier alpha value is -2.65. The molecule has 312 valence electrons. The second-order valence-electron chi connectivity index (χ2n) is 13.2. The molecule has 0 saturated carbocycles. The van der Waals surface area contributed by atoms with Crippen LogP contribution in [0.25, 0.3) is 11.1 Å². The molecule has 3 rings (SSSR count). The van der Waals surface area contributed by atoms with Gasteiger partial charge in [-0.25, -0.2) is 4.79 Å². The highest BCUT2D eigenvalue weighted by molar-refractivity contribution is 5.79. The van der Waals surface area contributed by atoms with E-state index in [1.807, 2.05) is 24.3 Å². The third-order valence-corrected chi connectivity index (χ3v) is 8.98. The summed E-state index contributed by atoms with van der Waals surface area (Å²) in [7, 11) is 0. The molecule has 0 unspecified atom stereocenters. The van der Waals surface area contributed by atoms with Crippen LogP contribution in [0.4, 0.5) is 4.79 Å². The molecule has 1 amide bonds.